The maximum absolute atomic E-state index is 5.95. The van der Waals surface area contributed by atoms with Crippen molar-refractivity contribution in [3.05, 3.63) is 63.6 Å². The zero-order chi connectivity index (χ0) is 14.7. The van der Waals surface area contributed by atoms with Gasteiger partial charge in [-0.05, 0) is 42.2 Å². The SMILES string of the molecule is Clc1cc(Cl)cc(OCc2ccc(CNC3CC3)cc2)c1. The molecule has 0 bridgehead atoms. The second-order valence-electron chi connectivity index (χ2n) is 5.37. The molecule has 4 heteroatoms. The Morgan fingerprint density at radius 2 is 1.57 bits per heavy atom. The van der Waals surface area contributed by atoms with E-state index in [9.17, 15) is 0 Å². The van der Waals surface area contributed by atoms with Gasteiger partial charge in [-0.25, -0.2) is 0 Å². The van der Waals surface area contributed by atoms with Gasteiger partial charge in [-0.2, -0.15) is 0 Å². The lowest BCUT2D eigenvalue weighted by Gasteiger charge is -2.08. The van der Waals surface area contributed by atoms with Crippen molar-refractivity contribution in [2.24, 2.45) is 0 Å². The van der Waals surface area contributed by atoms with Crippen molar-refractivity contribution in [2.45, 2.75) is 32.0 Å². The maximum Gasteiger partial charge on any atom is 0.122 e. The Labute approximate surface area is 135 Å². The summed E-state index contributed by atoms with van der Waals surface area (Å²) in [6.07, 6.45) is 2.63. The van der Waals surface area contributed by atoms with E-state index in [1.807, 2.05) is 0 Å². The van der Waals surface area contributed by atoms with Gasteiger partial charge in [0, 0.05) is 22.6 Å². The molecule has 1 saturated carbocycles. The Morgan fingerprint density at radius 3 is 2.19 bits per heavy atom. The molecule has 2 nitrogen and oxygen atoms in total. The fourth-order valence-corrected chi connectivity index (χ4v) is 2.59. The van der Waals surface area contributed by atoms with Crippen LogP contribution >= 0.6 is 23.2 Å². The second kappa shape index (κ2) is 6.69. The maximum atomic E-state index is 5.95. The number of ether oxygens (including phenoxy) is 1. The molecule has 0 heterocycles. The molecule has 2 aromatic rings. The van der Waals surface area contributed by atoms with Crippen LogP contribution in [0.1, 0.15) is 24.0 Å². The van der Waals surface area contributed by atoms with Crippen LogP contribution in [0.4, 0.5) is 0 Å². The average molecular weight is 322 g/mol. The van der Waals surface area contributed by atoms with Crippen LogP contribution in [-0.2, 0) is 13.2 Å². The van der Waals surface area contributed by atoms with E-state index in [1.165, 1.54) is 18.4 Å². The highest BCUT2D eigenvalue weighted by Gasteiger charge is 2.19. The van der Waals surface area contributed by atoms with E-state index < -0.39 is 0 Å². The fourth-order valence-electron chi connectivity index (χ4n) is 2.08. The van der Waals surface area contributed by atoms with Crippen LogP contribution in [0.25, 0.3) is 0 Å². The molecule has 110 valence electrons. The van der Waals surface area contributed by atoms with Crippen molar-refractivity contribution in [2.75, 3.05) is 0 Å². The fraction of sp³-hybridized carbons (Fsp3) is 0.294. The zero-order valence-electron chi connectivity index (χ0n) is 11.6. The summed E-state index contributed by atoms with van der Waals surface area (Å²) in [5.41, 5.74) is 2.43. The van der Waals surface area contributed by atoms with Crippen LogP contribution < -0.4 is 10.1 Å². The molecule has 0 aliphatic heterocycles. The Kier molecular flexibility index (Phi) is 4.69. The molecule has 2 aromatic carbocycles. The number of nitrogens with one attached hydrogen (secondary N) is 1. The third-order valence-corrected chi connectivity index (χ3v) is 3.87. The first-order valence-corrected chi connectivity index (χ1v) is 7.85. The minimum atomic E-state index is 0.507. The molecule has 1 aliphatic rings. The molecule has 0 amide bonds. The highest BCUT2D eigenvalue weighted by atomic mass is 35.5. The molecule has 0 spiro atoms. The summed E-state index contributed by atoms with van der Waals surface area (Å²) >= 11 is 11.9. The van der Waals surface area contributed by atoms with Crippen LogP contribution in [0.15, 0.2) is 42.5 Å². The first-order valence-electron chi connectivity index (χ1n) is 7.09. The third-order valence-electron chi connectivity index (χ3n) is 3.44. The van der Waals surface area contributed by atoms with E-state index >= 15 is 0 Å². The summed E-state index contributed by atoms with van der Waals surface area (Å²) in [5.74, 6) is 0.687. The molecule has 0 atom stereocenters. The lowest BCUT2D eigenvalue weighted by Crippen LogP contribution is -2.15. The van der Waals surface area contributed by atoms with Gasteiger partial charge in [-0.3, -0.25) is 0 Å². The van der Waals surface area contributed by atoms with Crippen molar-refractivity contribution in [3.8, 4) is 5.75 Å². The van der Waals surface area contributed by atoms with Gasteiger partial charge < -0.3 is 10.1 Å². The predicted molar refractivity (Wildman–Crippen MR) is 87.1 cm³/mol. The second-order valence-corrected chi connectivity index (χ2v) is 6.24. The summed E-state index contributed by atoms with van der Waals surface area (Å²) in [6, 6.07) is 14.4. The highest BCUT2D eigenvalue weighted by Crippen LogP contribution is 2.25. The van der Waals surface area contributed by atoms with Crippen LogP contribution in [-0.4, -0.2) is 6.04 Å². The minimum absolute atomic E-state index is 0.507. The third kappa shape index (κ3) is 4.63. The van der Waals surface area contributed by atoms with Gasteiger partial charge in [0.25, 0.3) is 0 Å². The molecule has 1 aliphatic carbocycles. The summed E-state index contributed by atoms with van der Waals surface area (Å²) in [4.78, 5) is 0. The number of rotatable bonds is 6. The molecule has 21 heavy (non-hydrogen) atoms. The van der Waals surface area contributed by atoms with Gasteiger partial charge in [0.05, 0.1) is 0 Å². The summed E-state index contributed by atoms with van der Waals surface area (Å²) in [6.45, 7) is 1.45. The van der Waals surface area contributed by atoms with Crippen molar-refractivity contribution >= 4 is 23.2 Å². The van der Waals surface area contributed by atoms with Crippen LogP contribution in [0.3, 0.4) is 0 Å². The van der Waals surface area contributed by atoms with Crippen molar-refractivity contribution in [3.63, 3.8) is 0 Å². The van der Waals surface area contributed by atoms with Crippen molar-refractivity contribution in [1.29, 1.82) is 0 Å². The molecular weight excluding hydrogens is 305 g/mol. The summed E-state index contributed by atoms with van der Waals surface area (Å²) in [5, 5.41) is 4.67. The van der Waals surface area contributed by atoms with Crippen LogP contribution in [0.2, 0.25) is 10.0 Å². The number of benzene rings is 2. The molecular formula is C17H17Cl2NO. The van der Waals surface area contributed by atoms with E-state index in [4.69, 9.17) is 27.9 Å². The molecule has 0 aromatic heterocycles. The smallest absolute Gasteiger partial charge is 0.122 e. The van der Waals surface area contributed by atoms with E-state index in [1.54, 1.807) is 18.2 Å². The average Bonchev–Trinajstić information content (AvgIpc) is 3.27. The molecule has 3 rings (SSSR count). The van der Waals surface area contributed by atoms with Crippen molar-refractivity contribution < 1.29 is 4.74 Å². The highest BCUT2D eigenvalue weighted by molar-refractivity contribution is 6.34. The molecule has 1 N–H and O–H groups in total. The van der Waals surface area contributed by atoms with Gasteiger partial charge in [0.15, 0.2) is 0 Å². The van der Waals surface area contributed by atoms with Crippen molar-refractivity contribution in [1.82, 2.24) is 5.32 Å². The lowest BCUT2D eigenvalue weighted by molar-refractivity contribution is 0.306. The summed E-state index contributed by atoms with van der Waals surface area (Å²) < 4.78 is 5.72. The van der Waals surface area contributed by atoms with Crippen LogP contribution in [0, 0.1) is 0 Å². The first kappa shape index (κ1) is 14.7. The first-order chi connectivity index (χ1) is 10.2. The van der Waals surface area contributed by atoms with E-state index in [2.05, 4.69) is 29.6 Å². The summed E-state index contributed by atoms with van der Waals surface area (Å²) in [7, 11) is 0. The monoisotopic (exact) mass is 321 g/mol. The zero-order valence-corrected chi connectivity index (χ0v) is 13.1. The van der Waals surface area contributed by atoms with E-state index in [0.717, 1.165) is 18.2 Å². The normalized spacial score (nSPS) is 14.2. The quantitative estimate of drug-likeness (QED) is 0.823. The standard InChI is InChI=1S/C17H17Cl2NO/c18-14-7-15(19)9-17(8-14)21-11-13-3-1-12(2-4-13)10-20-16-5-6-16/h1-4,7-9,16,20H,5-6,10-11H2. The van der Waals surface area contributed by atoms with Gasteiger partial charge in [0.1, 0.15) is 12.4 Å². The topological polar surface area (TPSA) is 21.3 Å². The molecule has 1 fully saturated rings. The number of halogens is 2. The molecule has 0 radical (unpaired) electrons. The Bertz CT molecular complexity index is 588. The van der Waals surface area contributed by atoms with Crippen LogP contribution in [0.5, 0.6) is 5.75 Å². The van der Waals surface area contributed by atoms with Gasteiger partial charge in [-0.1, -0.05) is 47.5 Å². The van der Waals surface area contributed by atoms with Gasteiger partial charge in [-0.15, -0.1) is 0 Å². The Morgan fingerprint density at radius 1 is 0.952 bits per heavy atom. The Balaban J connectivity index is 1.54. The predicted octanol–water partition coefficient (Wildman–Crippen LogP) is 4.82. The largest absolute Gasteiger partial charge is 0.489 e. The number of hydrogen-bond donors (Lipinski definition) is 1. The number of hydrogen-bond acceptors (Lipinski definition) is 2. The van der Waals surface area contributed by atoms with Gasteiger partial charge >= 0.3 is 0 Å². The van der Waals surface area contributed by atoms with Gasteiger partial charge in [0.2, 0.25) is 0 Å². The Hall–Kier alpha value is -1.22. The van der Waals surface area contributed by atoms with E-state index in [0.29, 0.717) is 22.4 Å². The minimum Gasteiger partial charge on any atom is -0.489 e. The molecule has 0 unspecified atom stereocenters. The molecule has 0 saturated heterocycles. The van der Waals surface area contributed by atoms with E-state index in [-0.39, 0.29) is 0 Å². The lowest BCUT2D eigenvalue weighted by atomic mass is 10.1.